The number of amides is 1. The average Bonchev–Trinajstić information content (AvgIpc) is 2.54. The fourth-order valence-electron chi connectivity index (χ4n) is 2.62. The van der Waals surface area contributed by atoms with Crippen LogP contribution in [-0.4, -0.2) is 25.2 Å². The molecule has 0 bridgehead atoms. The van der Waals surface area contributed by atoms with Gasteiger partial charge in [0, 0.05) is 0 Å². The number of rotatable bonds is 7. The molecule has 1 amide bonds. The molecule has 0 spiro atoms. The van der Waals surface area contributed by atoms with E-state index in [0.717, 1.165) is 22.4 Å². The van der Waals surface area contributed by atoms with Crippen LogP contribution in [0.2, 0.25) is 0 Å². The van der Waals surface area contributed by atoms with Gasteiger partial charge in [-0.1, -0.05) is 18.2 Å². The van der Waals surface area contributed by atoms with Crippen molar-refractivity contribution in [3.05, 3.63) is 58.7 Å². The molecule has 0 radical (unpaired) electrons. The van der Waals surface area contributed by atoms with E-state index in [9.17, 15) is 4.79 Å². The monoisotopic (exact) mass is 341 g/mol. The Morgan fingerprint density at radius 1 is 1.08 bits per heavy atom. The van der Waals surface area contributed by atoms with Crippen LogP contribution in [0.25, 0.3) is 0 Å². The first-order valence-electron chi connectivity index (χ1n) is 8.58. The Kier molecular flexibility index (Phi) is 6.45. The molecule has 0 unspecified atom stereocenters. The molecule has 0 saturated heterocycles. The number of carbonyl (C=O) groups is 1. The molecule has 0 fully saturated rings. The van der Waals surface area contributed by atoms with Crippen LogP contribution >= 0.6 is 0 Å². The first-order chi connectivity index (χ1) is 11.9. The highest BCUT2D eigenvalue weighted by Crippen LogP contribution is 2.20. The maximum Gasteiger partial charge on any atom is 0.260 e. The van der Waals surface area contributed by atoms with E-state index in [0.29, 0.717) is 18.9 Å². The van der Waals surface area contributed by atoms with Gasteiger partial charge in [-0.05, 0) is 75.1 Å². The van der Waals surface area contributed by atoms with Gasteiger partial charge in [0.15, 0.2) is 6.10 Å². The van der Waals surface area contributed by atoms with Crippen LogP contribution < -0.4 is 14.8 Å². The Labute approximate surface area is 150 Å². The Hall–Kier alpha value is -2.49. The average molecular weight is 341 g/mol. The van der Waals surface area contributed by atoms with Crippen LogP contribution in [0.3, 0.4) is 0 Å². The second kappa shape index (κ2) is 8.56. The number of hydrogen-bond acceptors (Lipinski definition) is 3. The molecule has 4 nitrogen and oxygen atoms in total. The summed E-state index contributed by atoms with van der Waals surface area (Å²) >= 11 is 0. The maximum absolute atomic E-state index is 12.2. The zero-order valence-corrected chi connectivity index (χ0v) is 15.7. The summed E-state index contributed by atoms with van der Waals surface area (Å²) in [5, 5.41) is 2.85. The van der Waals surface area contributed by atoms with E-state index in [2.05, 4.69) is 24.4 Å². The zero-order chi connectivity index (χ0) is 18.4. The van der Waals surface area contributed by atoms with Crippen LogP contribution in [-0.2, 0) is 4.79 Å². The van der Waals surface area contributed by atoms with Crippen molar-refractivity contribution in [3.63, 3.8) is 0 Å². The van der Waals surface area contributed by atoms with Crippen molar-refractivity contribution in [2.24, 2.45) is 0 Å². The van der Waals surface area contributed by atoms with Gasteiger partial charge >= 0.3 is 0 Å². The van der Waals surface area contributed by atoms with E-state index in [1.165, 1.54) is 5.56 Å². The Morgan fingerprint density at radius 2 is 1.76 bits per heavy atom. The lowest BCUT2D eigenvalue weighted by atomic mass is 10.1. The van der Waals surface area contributed by atoms with Gasteiger partial charge in [0.2, 0.25) is 0 Å². The number of aryl methyl sites for hydroxylation is 3. The Balaban J connectivity index is 1.78. The van der Waals surface area contributed by atoms with Crippen molar-refractivity contribution >= 4 is 5.91 Å². The highest BCUT2D eigenvalue weighted by atomic mass is 16.5. The summed E-state index contributed by atoms with van der Waals surface area (Å²) in [6.07, 6.45) is -0.554. The highest BCUT2D eigenvalue weighted by Gasteiger charge is 2.14. The summed E-state index contributed by atoms with van der Waals surface area (Å²) in [7, 11) is 0. The molecule has 0 aromatic heterocycles. The fraction of sp³-hybridized carbons (Fsp3) is 0.381. The van der Waals surface area contributed by atoms with Crippen molar-refractivity contribution in [2.45, 2.75) is 40.7 Å². The predicted octanol–water partition coefficient (Wildman–Crippen LogP) is 3.88. The second-order valence-electron chi connectivity index (χ2n) is 6.42. The first kappa shape index (κ1) is 18.8. The third kappa shape index (κ3) is 5.52. The number of hydrogen-bond donors (Lipinski definition) is 1. The third-order valence-electron chi connectivity index (χ3n) is 4.09. The summed E-state index contributed by atoms with van der Waals surface area (Å²) in [4.78, 5) is 12.2. The molecule has 0 aliphatic rings. The van der Waals surface area contributed by atoms with Crippen LogP contribution in [0.15, 0.2) is 36.4 Å². The minimum absolute atomic E-state index is 0.149. The van der Waals surface area contributed by atoms with Gasteiger partial charge in [0.1, 0.15) is 18.1 Å². The molecule has 134 valence electrons. The number of nitrogens with one attached hydrogen (secondary N) is 1. The normalized spacial score (nSPS) is 11.7. The minimum Gasteiger partial charge on any atom is -0.491 e. The summed E-state index contributed by atoms with van der Waals surface area (Å²) in [5.74, 6) is 1.42. The van der Waals surface area contributed by atoms with E-state index >= 15 is 0 Å². The van der Waals surface area contributed by atoms with Crippen LogP contribution in [0.1, 0.15) is 29.2 Å². The van der Waals surface area contributed by atoms with Crippen molar-refractivity contribution in [2.75, 3.05) is 13.2 Å². The number of benzene rings is 2. The molecule has 25 heavy (non-hydrogen) atoms. The highest BCUT2D eigenvalue weighted by molar-refractivity contribution is 5.80. The SMILES string of the molecule is Cc1cc(C)cc(O[C@@H](C)C(=O)NCCOc2cccc(C)c2C)c1. The van der Waals surface area contributed by atoms with Crippen LogP contribution in [0.5, 0.6) is 11.5 Å². The van der Waals surface area contributed by atoms with E-state index in [1.54, 1.807) is 6.92 Å². The van der Waals surface area contributed by atoms with Gasteiger partial charge < -0.3 is 14.8 Å². The second-order valence-corrected chi connectivity index (χ2v) is 6.42. The molecule has 2 aromatic rings. The molecule has 4 heteroatoms. The minimum atomic E-state index is -0.554. The van der Waals surface area contributed by atoms with Crippen LogP contribution in [0, 0.1) is 27.7 Å². The Morgan fingerprint density at radius 3 is 2.44 bits per heavy atom. The molecule has 0 saturated carbocycles. The van der Waals surface area contributed by atoms with Crippen LogP contribution in [0.4, 0.5) is 0 Å². The predicted molar refractivity (Wildman–Crippen MR) is 100 cm³/mol. The van der Waals surface area contributed by atoms with Crippen molar-refractivity contribution in [3.8, 4) is 11.5 Å². The lowest BCUT2D eigenvalue weighted by molar-refractivity contribution is -0.127. The van der Waals surface area contributed by atoms with E-state index < -0.39 is 6.10 Å². The lowest BCUT2D eigenvalue weighted by Crippen LogP contribution is -2.38. The fourth-order valence-corrected chi connectivity index (χ4v) is 2.62. The van der Waals surface area contributed by atoms with Crippen molar-refractivity contribution < 1.29 is 14.3 Å². The molecule has 0 heterocycles. The topological polar surface area (TPSA) is 47.6 Å². The largest absolute Gasteiger partial charge is 0.491 e. The Bertz CT molecular complexity index is 720. The summed E-state index contributed by atoms with van der Waals surface area (Å²) in [6, 6.07) is 11.9. The third-order valence-corrected chi connectivity index (χ3v) is 4.09. The number of ether oxygens (including phenoxy) is 2. The first-order valence-corrected chi connectivity index (χ1v) is 8.58. The smallest absolute Gasteiger partial charge is 0.260 e. The van der Waals surface area contributed by atoms with E-state index in [4.69, 9.17) is 9.47 Å². The molecule has 2 rings (SSSR count). The molecule has 2 aromatic carbocycles. The van der Waals surface area contributed by atoms with Gasteiger partial charge in [-0.25, -0.2) is 0 Å². The maximum atomic E-state index is 12.2. The molecular formula is C21H27NO3. The van der Waals surface area contributed by atoms with Crippen molar-refractivity contribution in [1.82, 2.24) is 5.32 Å². The molecular weight excluding hydrogens is 314 g/mol. The van der Waals surface area contributed by atoms with Gasteiger partial charge in [-0.15, -0.1) is 0 Å². The molecule has 0 aliphatic carbocycles. The molecule has 1 N–H and O–H groups in total. The lowest BCUT2D eigenvalue weighted by Gasteiger charge is -2.16. The van der Waals surface area contributed by atoms with Gasteiger partial charge in [0.25, 0.3) is 5.91 Å². The number of carbonyl (C=O) groups excluding carboxylic acids is 1. The summed E-state index contributed by atoms with van der Waals surface area (Å²) in [5.41, 5.74) is 4.55. The van der Waals surface area contributed by atoms with Gasteiger partial charge in [0.05, 0.1) is 6.54 Å². The van der Waals surface area contributed by atoms with E-state index in [-0.39, 0.29) is 5.91 Å². The van der Waals surface area contributed by atoms with E-state index in [1.807, 2.05) is 45.0 Å². The van der Waals surface area contributed by atoms with Gasteiger partial charge in [-0.2, -0.15) is 0 Å². The summed E-state index contributed by atoms with van der Waals surface area (Å²) < 4.78 is 11.5. The molecule has 0 aliphatic heterocycles. The van der Waals surface area contributed by atoms with Crippen molar-refractivity contribution in [1.29, 1.82) is 0 Å². The standard InChI is InChI=1S/C21H27NO3/c1-14-11-15(2)13-19(12-14)25-18(5)21(23)22-9-10-24-20-8-6-7-16(3)17(20)4/h6-8,11-13,18H,9-10H2,1-5H3,(H,22,23)/t18-/m0/s1. The molecule has 1 atom stereocenters. The summed E-state index contributed by atoms with van der Waals surface area (Å²) in [6.45, 7) is 10.7. The quantitative estimate of drug-likeness (QED) is 0.778. The van der Waals surface area contributed by atoms with Gasteiger partial charge in [-0.3, -0.25) is 4.79 Å². The zero-order valence-electron chi connectivity index (χ0n) is 15.7.